The molecular formula is C16H19BrFNO. The molecule has 4 heteroatoms. The second kappa shape index (κ2) is 5.94. The van der Waals surface area contributed by atoms with Crippen molar-refractivity contribution in [3.63, 3.8) is 0 Å². The maximum absolute atomic E-state index is 13.7. The van der Waals surface area contributed by atoms with Crippen LogP contribution in [0.4, 0.5) is 4.39 Å². The van der Waals surface area contributed by atoms with Gasteiger partial charge in [-0.1, -0.05) is 15.9 Å². The first-order valence-electron chi connectivity index (χ1n) is 7.32. The largest absolute Gasteiger partial charge is 0.311 e. The van der Waals surface area contributed by atoms with Crippen molar-refractivity contribution in [2.75, 3.05) is 0 Å². The summed E-state index contributed by atoms with van der Waals surface area (Å²) in [5.74, 6) is 0.358. The molecule has 3 rings (SSSR count). The molecule has 0 aliphatic carbocycles. The van der Waals surface area contributed by atoms with Gasteiger partial charge in [-0.15, -0.1) is 0 Å². The number of rotatable bonds is 4. The SMILES string of the molecule is O=C(Cc1cc(Br)ccc1F)CC1CC2CCC(C1)N2. The van der Waals surface area contributed by atoms with Crippen LogP contribution < -0.4 is 5.32 Å². The van der Waals surface area contributed by atoms with E-state index in [9.17, 15) is 9.18 Å². The number of nitrogens with one attached hydrogen (secondary N) is 1. The summed E-state index contributed by atoms with van der Waals surface area (Å²) in [5, 5.41) is 3.58. The van der Waals surface area contributed by atoms with E-state index in [2.05, 4.69) is 21.2 Å². The van der Waals surface area contributed by atoms with Crippen LogP contribution in [-0.4, -0.2) is 17.9 Å². The molecular weight excluding hydrogens is 321 g/mol. The molecule has 0 saturated carbocycles. The standard InChI is InChI=1S/C16H19BrFNO/c17-12-1-4-16(18)11(8-12)9-15(20)7-10-5-13-2-3-14(6-10)19-13/h1,4,8,10,13-14,19H,2-3,5-7,9H2. The van der Waals surface area contributed by atoms with Crippen LogP contribution in [0.15, 0.2) is 22.7 Å². The van der Waals surface area contributed by atoms with Gasteiger partial charge in [0.2, 0.25) is 0 Å². The molecule has 1 N–H and O–H groups in total. The van der Waals surface area contributed by atoms with Crippen molar-refractivity contribution < 1.29 is 9.18 Å². The zero-order chi connectivity index (χ0) is 14.1. The van der Waals surface area contributed by atoms with Crippen molar-refractivity contribution in [2.45, 2.75) is 50.6 Å². The molecule has 1 aromatic rings. The number of hydrogen-bond donors (Lipinski definition) is 1. The zero-order valence-electron chi connectivity index (χ0n) is 11.4. The lowest BCUT2D eigenvalue weighted by atomic mass is 9.87. The molecule has 0 aromatic heterocycles. The van der Waals surface area contributed by atoms with Crippen LogP contribution in [0.3, 0.4) is 0 Å². The molecule has 2 aliphatic rings. The van der Waals surface area contributed by atoms with Crippen molar-refractivity contribution in [1.82, 2.24) is 5.32 Å². The first-order valence-corrected chi connectivity index (χ1v) is 8.11. The molecule has 2 aliphatic heterocycles. The fourth-order valence-electron chi connectivity index (χ4n) is 3.63. The fourth-order valence-corrected chi connectivity index (χ4v) is 4.04. The second-order valence-electron chi connectivity index (χ2n) is 6.13. The normalized spacial score (nSPS) is 28.6. The number of piperidine rings is 1. The minimum Gasteiger partial charge on any atom is -0.311 e. The number of carbonyl (C=O) groups excluding carboxylic acids is 1. The fraction of sp³-hybridized carbons (Fsp3) is 0.562. The average Bonchev–Trinajstić information content (AvgIpc) is 2.73. The highest BCUT2D eigenvalue weighted by Crippen LogP contribution is 2.33. The summed E-state index contributed by atoms with van der Waals surface area (Å²) >= 11 is 3.32. The molecule has 2 fully saturated rings. The lowest BCUT2D eigenvalue weighted by molar-refractivity contribution is -0.119. The van der Waals surface area contributed by atoms with E-state index >= 15 is 0 Å². The Morgan fingerprint density at radius 3 is 2.70 bits per heavy atom. The van der Waals surface area contributed by atoms with Gasteiger partial charge >= 0.3 is 0 Å². The maximum Gasteiger partial charge on any atom is 0.137 e. The lowest BCUT2D eigenvalue weighted by Crippen LogP contribution is -2.38. The number of benzene rings is 1. The molecule has 0 spiro atoms. The summed E-state index contributed by atoms with van der Waals surface area (Å²) in [6.07, 6.45) is 5.50. The highest BCUT2D eigenvalue weighted by atomic mass is 79.9. The summed E-state index contributed by atoms with van der Waals surface area (Å²) < 4.78 is 14.5. The molecule has 2 unspecified atom stereocenters. The Morgan fingerprint density at radius 2 is 2.00 bits per heavy atom. The van der Waals surface area contributed by atoms with Crippen molar-refractivity contribution in [1.29, 1.82) is 0 Å². The van der Waals surface area contributed by atoms with E-state index in [1.54, 1.807) is 12.1 Å². The summed E-state index contributed by atoms with van der Waals surface area (Å²) in [6.45, 7) is 0. The highest BCUT2D eigenvalue weighted by molar-refractivity contribution is 9.10. The highest BCUT2D eigenvalue weighted by Gasteiger charge is 2.34. The molecule has 20 heavy (non-hydrogen) atoms. The molecule has 1 aromatic carbocycles. The number of halogens is 2. The van der Waals surface area contributed by atoms with Crippen LogP contribution >= 0.6 is 15.9 Å². The van der Waals surface area contributed by atoms with Crippen LogP contribution in [0.2, 0.25) is 0 Å². The third kappa shape index (κ3) is 3.29. The van der Waals surface area contributed by atoms with E-state index < -0.39 is 0 Å². The Labute approximate surface area is 127 Å². The number of ketones is 1. The van der Waals surface area contributed by atoms with Crippen molar-refractivity contribution in [2.24, 2.45) is 5.92 Å². The Hall–Kier alpha value is -0.740. The zero-order valence-corrected chi connectivity index (χ0v) is 13.0. The molecule has 0 amide bonds. The third-order valence-corrected chi connectivity index (χ3v) is 4.98. The maximum atomic E-state index is 13.7. The average molecular weight is 340 g/mol. The minimum atomic E-state index is -0.285. The van der Waals surface area contributed by atoms with Crippen LogP contribution in [0.1, 0.15) is 37.7 Å². The van der Waals surface area contributed by atoms with Gasteiger partial charge in [0, 0.05) is 29.4 Å². The number of carbonyl (C=O) groups is 1. The minimum absolute atomic E-state index is 0.160. The molecule has 0 radical (unpaired) electrons. The van der Waals surface area contributed by atoms with E-state index in [1.807, 2.05) is 0 Å². The van der Waals surface area contributed by atoms with Gasteiger partial charge in [-0.25, -0.2) is 4.39 Å². The summed E-state index contributed by atoms with van der Waals surface area (Å²) in [4.78, 5) is 12.2. The lowest BCUT2D eigenvalue weighted by Gasteiger charge is -2.28. The molecule has 2 bridgehead atoms. The topological polar surface area (TPSA) is 29.1 Å². The third-order valence-electron chi connectivity index (χ3n) is 4.48. The first-order chi connectivity index (χ1) is 9.60. The van der Waals surface area contributed by atoms with Crippen LogP contribution in [0, 0.1) is 11.7 Å². The van der Waals surface area contributed by atoms with Crippen molar-refractivity contribution in [3.8, 4) is 0 Å². The van der Waals surface area contributed by atoms with E-state index in [0.29, 0.717) is 30.0 Å². The second-order valence-corrected chi connectivity index (χ2v) is 7.05. The monoisotopic (exact) mass is 339 g/mol. The van der Waals surface area contributed by atoms with Crippen LogP contribution in [0.25, 0.3) is 0 Å². The summed E-state index contributed by atoms with van der Waals surface area (Å²) in [6, 6.07) is 5.99. The predicted molar refractivity (Wildman–Crippen MR) is 80.1 cm³/mol. The van der Waals surface area contributed by atoms with Gasteiger partial charge in [0.05, 0.1) is 0 Å². The Kier molecular flexibility index (Phi) is 4.22. The number of hydrogen-bond acceptors (Lipinski definition) is 2. The van der Waals surface area contributed by atoms with Gasteiger partial charge in [-0.2, -0.15) is 0 Å². The van der Waals surface area contributed by atoms with E-state index in [4.69, 9.17) is 0 Å². The van der Waals surface area contributed by atoms with Gasteiger partial charge in [0.1, 0.15) is 11.6 Å². The van der Waals surface area contributed by atoms with Crippen LogP contribution in [0.5, 0.6) is 0 Å². The molecule has 2 nitrogen and oxygen atoms in total. The number of fused-ring (bicyclic) bond motifs is 2. The first kappa shape index (κ1) is 14.2. The molecule has 108 valence electrons. The summed E-state index contributed by atoms with van der Waals surface area (Å²) in [5.41, 5.74) is 0.501. The summed E-state index contributed by atoms with van der Waals surface area (Å²) in [7, 11) is 0. The Bertz CT molecular complexity index is 507. The predicted octanol–water partition coefficient (Wildman–Crippen LogP) is 3.62. The van der Waals surface area contributed by atoms with E-state index in [1.165, 1.54) is 18.9 Å². The van der Waals surface area contributed by atoms with Gasteiger partial charge in [0.25, 0.3) is 0 Å². The smallest absolute Gasteiger partial charge is 0.137 e. The van der Waals surface area contributed by atoms with E-state index in [0.717, 1.165) is 17.3 Å². The van der Waals surface area contributed by atoms with Gasteiger partial charge in [-0.3, -0.25) is 4.79 Å². The Balaban J connectivity index is 1.58. The van der Waals surface area contributed by atoms with Gasteiger partial charge in [-0.05, 0) is 55.4 Å². The number of Topliss-reactive ketones (excluding diaryl/α,β-unsaturated/α-hetero) is 1. The van der Waals surface area contributed by atoms with Gasteiger partial charge < -0.3 is 5.32 Å². The van der Waals surface area contributed by atoms with E-state index in [-0.39, 0.29) is 18.0 Å². The van der Waals surface area contributed by atoms with Crippen molar-refractivity contribution in [3.05, 3.63) is 34.1 Å². The Morgan fingerprint density at radius 1 is 1.30 bits per heavy atom. The molecule has 2 atom stereocenters. The quantitative estimate of drug-likeness (QED) is 0.907. The van der Waals surface area contributed by atoms with Crippen molar-refractivity contribution >= 4 is 21.7 Å². The molecule has 2 heterocycles. The molecule has 2 saturated heterocycles. The van der Waals surface area contributed by atoms with Gasteiger partial charge in [0.15, 0.2) is 0 Å². The van der Waals surface area contributed by atoms with Crippen LogP contribution in [-0.2, 0) is 11.2 Å².